The van der Waals surface area contributed by atoms with Crippen molar-refractivity contribution in [3.63, 3.8) is 0 Å². The number of anilines is 1. The largest absolute Gasteiger partial charge is 0.352 e. The molecule has 0 amide bonds. The van der Waals surface area contributed by atoms with Crippen LogP contribution in [0, 0.1) is 26.6 Å². The van der Waals surface area contributed by atoms with Gasteiger partial charge in [-0.2, -0.15) is 4.31 Å². The molecule has 0 N–H and O–H groups in total. The van der Waals surface area contributed by atoms with Crippen molar-refractivity contribution in [3.05, 3.63) is 71.0 Å². The highest BCUT2D eigenvalue weighted by molar-refractivity contribution is 7.89. The van der Waals surface area contributed by atoms with Crippen LogP contribution in [0.2, 0.25) is 0 Å². The van der Waals surface area contributed by atoms with Crippen LogP contribution < -0.4 is 4.90 Å². The Morgan fingerprint density at radius 2 is 1.45 bits per heavy atom. The molecule has 0 radical (unpaired) electrons. The number of aromatic nitrogens is 2. The van der Waals surface area contributed by atoms with Crippen molar-refractivity contribution < 1.29 is 12.8 Å². The summed E-state index contributed by atoms with van der Waals surface area (Å²) in [6.07, 6.45) is 0. The Hall–Kier alpha value is -2.84. The number of hydrogen-bond acceptors (Lipinski definition) is 5. The fraction of sp³-hybridized carbons (Fsp3) is 0.304. The van der Waals surface area contributed by atoms with Crippen LogP contribution in [-0.4, -0.2) is 49.1 Å². The predicted octanol–water partition coefficient (Wildman–Crippen LogP) is 3.72. The molecule has 1 fully saturated rings. The molecule has 1 aliphatic heterocycles. The zero-order chi connectivity index (χ0) is 22.2. The van der Waals surface area contributed by atoms with E-state index in [4.69, 9.17) is 0 Å². The quantitative estimate of drug-likeness (QED) is 0.619. The minimum absolute atomic E-state index is 0.294. The number of nitrogens with zero attached hydrogens (tertiary/aromatic N) is 4. The van der Waals surface area contributed by atoms with E-state index < -0.39 is 10.0 Å². The molecule has 0 saturated carbocycles. The Morgan fingerprint density at radius 3 is 2.00 bits per heavy atom. The van der Waals surface area contributed by atoms with E-state index in [0.29, 0.717) is 42.6 Å². The van der Waals surface area contributed by atoms with Crippen LogP contribution in [0.5, 0.6) is 0 Å². The molecule has 1 saturated heterocycles. The highest BCUT2D eigenvalue weighted by Crippen LogP contribution is 2.27. The third-order valence-electron chi connectivity index (χ3n) is 5.56. The summed E-state index contributed by atoms with van der Waals surface area (Å²) in [7, 11) is -3.55. The monoisotopic (exact) mass is 440 g/mol. The van der Waals surface area contributed by atoms with E-state index in [2.05, 4.69) is 10.2 Å². The Balaban J connectivity index is 1.47. The van der Waals surface area contributed by atoms with Gasteiger partial charge in [-0.05, 0) is 68.3 Å². The van der Waals surface area contributed by atoms with Gasteiger partial charge in [0.05, 0.1) is 10.6 Å². The SMILES string of the molecule is Cc1cc(C)c(S(=O)(=O)N2CCN(c3ccc(-c4ccc(F)cc4)nn3)CC2)c(C)c1. The first-order valence-electron chi connectivity index (χ1n) is 10.2. The molecule has 1 aromatic heterocycles. The third-order valence-corrected chi connectivity index (χ3v) is 7.76. The first-order valence-corrected chi connectivity index (χ1v) is 11.6. The molecule has 0 aliphatic carbocycles. The highest BCUT2D eigenvalue weighted by Gasteiger charge is 2.31. The van der Waals surface area contributed by atoms with Crippen molar-refractivity contribution in [1.82, 2.24) is 14.5 Å². The van der Waals surface area contributed by atoms with E-state index in [1.807, 2.05) is 49.9 Å². The lowest BCUT2D eigenvalue weighted by Crippen LogP contribution is -2.49. The molecule has 0 spiro atoms. The van der Waals surface area contributed by atoms with Gasteiger partial charge in [0.15, 0.2) is 5.82 Å². The Morgan fingerprint density at radius 1 is 0.839 bits per heavy atom. The van der Waals surface area contributed by atoms with Gasteiger partial charge in [0.2, 0.25) is 10.0 Å². The van der Waals surface area contributed by atoms with Gasteiger partial charge in [0.1, 0.15) is 5.82 Å². The summed E-state index contributed by atoms with van der Waals surface area (Å²) in [4.78, 5) is 2.44. The predicted molar refractivity (Wildman–Crippen MR) is 119 cm³/mol. The summed E-state index contributed by atoms with van der Waals surface area (Å²) in [5.41, 5.74) is 4.07. The molecule has 0 bridgehead atoms. The van der Waals surface area contributed by atoms with E-state index in [1.165, 1.54) is 12.1 Å². The van der Waals surface area contributed by atoms with Crippen molar-refractivity contribution >= 4 is 15.8 Å². The molecule has 162 valence electrons. The first kappa shape index (κ1) is 21.4. The summed E-state index contributed by atoms with van der Waals surface area (Å²) in [6.45, 7) is 7.51. The average Bonchev–Trinajstić information content (AvgIpc) is 2.74. The van der Waals surface area contributed by atoms with Crippen LogP contribution in [-0.2, 0) is 10.0 Å². The molecule has 3 aromatic rings. The molecule has 6 nitrogen and oxygen atoms in total. The van der Waals surface area contributed by atoms with Crippen LogP contribution in [0.4, 0.5) is 10.2 Å². The molecule has 2 aromatic carbocycles. The summed E-state index contributed by atoms with van der Waals surface area (Å²) in [5, 5.41) is 8.55. The van der Waals surface area contributed by atoms with Crippen LogP contribution in [0.15, 0.2) is 53.4 Å². The Bertz CT molecular complexity index is 1160. The Labute approximate surface area is 182 Å². The molecule has 4 rings (SSSR count). The van der Waals surface area contributed by atoms with E-state index >= 15 is 0 Å². The number of halogens is 1. The van der Waals surface area contributed by atoms with E-state index in [9.17, 15) is 12.8 Å². The maximum Gasteiger partial charge on any atom is 0.243 e. The van der Waals surface area contributed by atoms with Crippen LogP contribution >= 0.6 is 0 Å². The second-order valence-corrected chi connectivity index (χ2v) is 9.78. The van der Waals surface area contributed by atoms with Crippen LogP contribution in [0.1, 0.15) is 16.7 Å². The average molecular weight is 441 g/mol. The fourth-order valence-electron chi connectivity index (χ4n) is 4.13. The maximum atomic E-state index is 13.3. The van der Waals surface area contributed by atoms with Gasteiger partial charge in [0, 0.05) is 31.7 Å². The number of hydrogen-bond donors (Lipinski definition) is 0. The minimum Gasteiger partial charge on any atom is -0.352 e. The van der Waals surface area contributed by atoms with Gasteiger partial charge in [-0.15, -0.1) is 10.2 Å². The van der Waals surface area contributed by atoms with Crippen LogP contribution in [0.25, 0.3) is 11.3 Å². The smallest absolute Gasteiger partial charge is 0.243 e. The molecular weight excluding hydrogens is 415 g/mol. The molecule has 2 heterocycles. The summed E-state index contributed by atoms with van der Waals surface area (Å²) in [6, 6.07) is 13.6. The highest BCUT2D eigenvalue weighted by atomic mass is 32.2. The van der Waals surface area contributed by atoms with Gasteiger partial charge in [-0.3, -0.25) is 0 Å². The second kappa shape index (κ2) is 8.36. The lowest BCUT2D eigenvalue weighted by atomic mass is 10.1. The minimum atomic E-state index is -3.55. The van der Waals surface area contributed by atoms with Crippen molar-refractivity contribution in [2.45, 2.75) is 25.7 Å². The fourth-order valence-corrected chi connectivity index (χ4v) is 5.96. The van der Waals surface area contributed by atoms with E-state index in [0.717, 1.165) is 22.3 Å². The van der Waals surface area contributed by atoms with Crippen LogP contribution in [0.3, 0.4) is 0 Å². The third kappa shape index (κ3) is 4.31. The number of rotatable bonds is 4. The number of benzene rings is 2. The second-order valence-electron chi connectivity index (χ2n) is 7.90. The molecule has 31 heavy (non-hydrogen) atoms. The number of piperazine rings is 1. The van der Waals surface area contributed by atoms with Gasteiger partial charge in [-0.1, -0.05) is 17.7 Å². The van der Waals surface area contributed by atoms with Crippen molar-refractivity contribution in [3.8, 4) is 11.3 Å². The molecule has 0 unspecified atom stereocenters. The van der Waals surface area contributed by atoms with Gasteiger partial charge in [-0.25, -0.2) is 12.8 Å². The maximum absolute atomic E-state index is 13.3. The van der Waals surface area contributed by atoms with Crippen molar-refractivity contribution in [2.75, 3.05) is 31.1 Å². The lowest BCUT2D eigenvalue weighted by Gasteiger charge is -2.35. The van der Waals surface area contributed by atoms with Crippen molar-refractivity contribution in [1.29, 1.82) is 0 Å². The van der Waals surface area contributed by atoms with E-state index in [-0.39, 0.29) is 5.82 Å². The normalized spacial score (nSPS) is 15.3. The van der Waals surface area contributed by atoms with Crippen molar-refractivity contribution in [2.24, 2.45) is 0 Å². The summed E-state index contributed by atoms with van der Waals surface area (Å²) < 4.78 is 41.2. The van der Waals surface area contributed by atoms with Gasteiger partial charge < -0.3 is 4.90 Å². The molecule has 1 aliphatic rings. The standard InChI is InChI=1S/C23H25FN4O2S/c1-16-14-17(2)23(18(3)15-16)31(29,30)28-12-10-27(11-13-28)22-9-8-21(25-26-22)19-4-6-20(24)7-5-19/h4-9,14-15H,10-13H2,1-3H3. The zero-order valence-electron chi connectivity index (χ0n) is 17.8. The molecular formula is C23H25FN4O2S. The Kier molecular flexibility index (Phi) is 5.77. The zero-order valence-corrected chi connectivity index (χ0v) is 18.7. The first-order chi connectivity index (χ1) is 14.8. The topological polar surface area (TPSA) is 66.4 Å². The summed E-state index contributed by atoms with van der Waals surface area (Å²) >= 11 is 0. The molecule has 8 heteroatoms. The van der Waals surface area contributed by atoms with E-state index in [1.54, 1.807) is 16.4 Å². The molecule has 0 atom stereocenters. The number of sulfonamides is 1. The summed E-state index contributed by atoms with van der Waals surface area (Å²) in [5.74, 6) is 0.405. The van der Waals surface area contributed by atoms with Gasteiger partial charge in [0.25, 0.3) is 0 Å². The number of aryl methyl sites for hydroxylation is 3. The van der Waals surface area contributed by atoms with Gasteiger partial charge >= 0.3 is 0 Å². The lowest BCUT2D eigenvalue weighted by molar-refractivity contribution is 0.383.